The summed E-state index contributed by atoms with van der Waals surface area (Å²) in [5.74, 6) is -0.355. The quantitative estimate of drug-likeness (QED) is 0.723. The second kappa shape index (κ2) is 3.89. The minimum Gasteiger partial charge on any atom is -0.465 e. The lowest BCUT2D eigenvalue weighted by Gasteiger charge is -2.03. The number of aromatic nitrogens is 1. The minimum absolute atomic E-state index is 0.355. The molecule has 1 heterocycles. The van der Waals surface area contributed by atoms with Crippen molar-refractivity contribution in [2.24, 2.45) is 0 Å². The highest BCUT2D eigenvalue weighted by molar-refractivity contribution is 6.04. The SMILES string of the molecule is COC(=O)c1cn(OC)c2c(C)cccc12. The zero-order chi connectivity index (χ0) is 11.7. The summed E-state index contributed by atoms with van der Waals surface area (Å²) in [4.78, 5) is 16.8. The average molecular weight is 219 g/mol. The molecule has 0 radical (unpaired) electrons. The van der Waals surface area contributed by atoms with Crippen LogP contribution >= 0.6 is 0 Å². The number of nitrogens with zero attached hydrogens (tertiary/aromatic N) is 1. The molecule has 0 N–H and O–H groups in total. The second-order valence-electron chi connectivity index (χ2n) is 3.51. The molecule has 4 nitrogen and oxygen atoms in total. The van der Waals surface area contributed by atoms with Crippen molar-refractivity contribution in [3.05, 3.63) is 35.5 Å². The highest BCUT2D eigenvalue weighted by Gasteiger charge is 2.16. The summed E-state index contributed by atoms with van der Waals surface area (Å²) in [7, 11) is 2.93. The Bertz CT molecular complexity index is 542. The molecule has 0 atom stereocenters. The van der Waals surface area contributed by atoms with Gasteiger partial charge in [-0.15, -0.1) is 0 Å². The molecule has 0 saturated heterocycles. The number of methoxy groups -OCH3 is 1. The van der Waals surface area contributed by atoms with Gasteiger partial charge in [-0.05, 0) is 12.5 Å². The topological polar surface area (TPSA) is 40.5 Å². The molecule has 2 aromatic rings. The lowest BCUT2D eigenvalue weighted by atomic mass is 10.1. The van der Waals surface area contributed by atoms with Crippen molar-refractivity contribution < 1.29 is 14.4 Å². The molecule has 0 aliphatic carbocycles. The number of para-hydroxylation sites is 1. The van der Waals surface area contributed by atoms with Crippen molar-refractivity contribution in [2.75, 3.05) is 14.2 Å². The van der Waals surface area contributed by atoms with Gasteiger partial charge < -0.3 is 9.57 Å². The average Bonchev–Trinajstić information content (AvgIpc) is 2.68. The van der Waals surface area contributed by atoms with Crippen molar-refractivity contribution in [1.82, 2.24) is 4.73 Å². The maximum absolute atomic E-state index is 11.6. The number of carbonyl (C=O) groups is 1. The number of rotatable bonds is 2. The van der Waals surface area contributed by atoms with E-state index in [0.717, 1.165) is 16.5 Å². The predicted molar refractivity (Wildman–Crippen MR) is 60.5 cm³/mol. The Kier molecular flexibility index (Phi) is 2.56. The Morgan fingerprint density at radius 1 is 1.31 bits per heavy atom. The van der Waals surface area contributed by atoms with Crippen LogP contribution in [0.3, 0.4) is 0 Å². The summed E-state index contributed by atoms with van der Waals surface area (Å²) in [5.41, 5.74) is 2.46. The number of fused-ring (bicyclic) bond motifs is 1. The summed E-state index contributed by atoms with van der Waals surface area (Å²) in [6.45, 7) is 1.97. The first-order valence-corrected chi connectivity index (χ1v) is 4.92. The van der Waals surface area contributed by atoms with Gasteiger partial charge in [0.15, 0.2) is 0 Å². The fraction of sp³-hybridized carbons (Fsp3) is 0.250. The maximum Gasteiger partial charge on any atom is 0.340 e. The van der Waals surface area contributed by atoms with Crippen molar-refractivity contribution >= 4 is 16.9 Å². The van der Waals surface area contributed by atoms with Crippen LogP contribution in [-0.2, 0) is 4.74 Å². The summed E-state index contributed by atoms with van der Waals surface area (Å²) in [6.07, 6.45) is 1.64. The molecular weight excluding hydrogens is 206 g/mol. The number of aryl methyl sites for hydroxylation is 1. The first-order valence-electron chi connectivity index (χ1n) is 4.92. The smallest absolute Gasteiger partial charge is 0.340 e. The molecule has 0 aliphatic heterocycles. The molecule has 0 amide bonds. The van der Waals surface area contributed by atoms with E-state index in [1.54, 1.807) is 18.0 Å². The third-order valence-corrected chi connectivity index (χ3v) is 2.60. The fourth-order valence-corrected chi connectivity index (χ4v) is 1.84. The van der Waals surface area contributed by atoms with E-state index in [4.69, 9.17) is 9.57 Å². The summed E-state index contributed by atoms with van der Waals surface area (Å²) in [6, 6.07) is 5.76. The van der Waals surface area contributed by atoms with Crippen LogP contribution < -0.4 is 4.84 Å². The largest absolute Gasteiger partial charge is 0.465 e. The minimum atomic E-state index is -0.355. The fourth-order valence-electron chi connectivity index (χ4n) is 1.84. The number of hydrogen-bond donors (Lipinski definition) is 0. The van der Waals surface area contributed by atoms with Gasteiger partial charge >= 0.3 is 5.97 Å². The monoisotopic (exact) mass is 219 g/mol. The first kappa shape index (κ1) is 10.5. The molecular formula is C12H13NO3. The van der Waals surface area contributed by atoms with Gasteiger partial charge in [0.1, 0.15) is 7.11 Å². The Hall–Kier alpha value is -1.97. The molecule has 84 valence electrons. The van der Waals surface area contributed by atoms with E-state index in [9.17, 15) is 4.79 Å². The summed E-state index contributed by atoms with van der Waals surface area (Å²) >= 11 is 0. The van der Waals surface area contributed by atoms with Gasteiger partial charge in [0.05, 0.1) is 24.4 Å². The molecule has 1 aromatic carbocycles. The van der Waals surface area contributed by atoms with Crippen molar-refractivity contribution in [1.29, 1.82) is 0 Å². The standard InChI is InChI=1S/C12H13NO3/c1-8-5-4-6-9-10(12(14)15-2)7-13(16-3)11(8)9/h4-7H,1-3H3. The number of esters is 1. The van der Waals surface area contributed by atoms with Crippen LogP contribution in [0.15, 0.2) is 24.4 Å². The Morgan fingerprint density at radius 2 is 2.06 bits per heavy atom. The van der Waals surface area contributed by atoms with E-state index in [-0.39, 0.29) is 5.97 Å². The Labute approximate surface area is 93.3 Å². The number of benzene rings is 1. The van der Waals surface area contributed by atoms with E-state index in [2.05, 4.69) is 0 Å². The second-order valence-corrected chi connectivity index (χ2v) is 3.51. The van der Waals surface area contributed by atoms with Crippen LogP contribution in [0.2, 0.25) is 0 Å². The normalized spacial score (nSPS) is 10.4. The predicted octanol–water partition coefficient (Wildman–Crippen LogP) is 1.79. The summed E-state index contributed by atoms with van der Waals surface area (Å²) in [5, 5.41) is 0.841. The van der Waals surface area contributed by atoms with Gasteiger partial charge in [0.2, 0.25) is 0 Å². The van der Waals surface area contributed by atoms with E-state index in [1.807, 2.05) is 25.1 Å². The molecule has 2 rings (SSSR count). The van der Waals surface area contributed by atoms with Crippen molar-refractivity contribution in [2.45, 2.75) is 6.92 Å². The third kappa shape index (κ3) is 1.43. The lowest BCUT2D eigenvalue weighted by Crippen LogP contribution is -2.04. The van der Waals surface area contributed by atoms with E-state index in [1.165, 1.54) is 7.11 Å². The van der Waals surface area contributed by atoms with Crippen LogP contribution in [0.1, 0.15) is 15.9 Å². The molecule has 4 heteroatoms. The van der Waals surface area contributed by atoms with Gasteiger partial charge in [-0.25, -0.2) is 4.79 Å². The maximum atomic E-state index is 11.6. The van der Waals surface area contributed by atoms with Gasteiger partial charge in [-0.3, -0.25) is 0 Å². The van der Waals surface area contributed by atoms with Crippen molar-refractivity contribution in [3.8, 4) is 0 Å². The van der Waals surface area contributed by atoms with Crippen molar-refractivity contribution in [3.63, 3.8) is 0 Å². The molecule has 1 aromatic heterocycles. The molecule has 0 bridgehead atoms. The van der Waals surface area contributed by atoms with Gasteiger partial charge in [-0.1, -0.05) is 18.2 Å². The van der Waals surface area contributed by atoms with E-state index >= 15 is 0 Å². The zero-order valence-electron chi connectivity index (χ0n) is 9.48. The Morgan fingerprint density at radius 3 is 2.69 bits per heavy atom. The van der Waals surface area contributed by atoms with Crippen LogP contribution in [0.25, 0.3) is 10.9 Å². The highest BCUT2D eigenvalue weighted by atomic mass is 16.6. The van der Waals surface area contributed by atoms with Gasteiger partial charge in [-0.2, -0.15) is 4.73 Å². The number of carbonyl (C=O) groups excluding carboxylic acids is 1. The van der Waals surface area contributed by atoms with Crippen LogP contribution in [-0.4, -0.2) is 24.9 Å². The molecule has 16 heavy (non-hydrogen) atoms. The van der Waals surface area contributed by atoms with Gasteiger partial charge in [0.25, 0.3) is 0 Å². The number of hydrogen-bond acceptors (Lipinski definition) is 3. The molecule has 0 saturated carbocycles. The first-order chi connectivity index (χ1) is 7.69. The van der Waals surface area contributed by atoms with Crippen LogP contribution in [0, 0.1) is 6.92 Å². The van der Waals surface area contributed by atoms with Gasteiger partial charge in [0, 0.05) is 5.39 Å². The molecule has 0 aliphatic rings. The molecule has 0 spiro atoms. The lowest BCUT2D eigenvalue weighted by molar-refractivity contribution is 0.0600. The summed E-state index contributed by atoms with van der Waals surface area (Å²) < 4.78 is 6.31. The van der Waals surface area contributed by atoms with E-state index < -0.39 is 0 Å². The molecule has 0 fully saturated rings. The van der Waals surface area contributed by atoms with Crippen LogP contribution in [0.4, 0.5) is 0 Å². The van der Waals surface area contributed by atoms with E-state index in [0.29, 0.717) is 5.56 Å². The van der Waals surface area contributed by atoms with Crippen LogP contribution in [0.5, 0.6) is 0 Å². The number of ether oxygens (including phenoxy) is 1. The Balaban J connectivity index is 2.78. The zero-order valence-corrected chi connectivity index (χ0v) is 9.48. The highest BCUT2D eigenvalue weighted by Crippen LogP contribution is 2.24. The third-order valence-electron chi connectivity index (χ3n) is 2.60. The molecule has 0 unspecified atom stereocenters.